The summed E-state index contributed by atoms with van der Waals surface area (Å²) >= 11 is 0. The van der Waals surface area contributed by atoms with E-state index in [1.807, 2.05) is 12.1 Å². The van der Waals surface area contributed by atoms with E-state index in [1.165, 1.54) is 5.56 Å². The zero-order chi connectivity index (χ0) is 11.3. The summed E-state index contributed by atoms with van der Waals surface area (Å²) in [4.78, 5) is 0. The summed E-state index contributed by atoms with van der Waals surface area (Å²) in [5.41, 5.74) is 8.88. The molecule has 0 aliphatic carbocycles. The first-order valence-corrected chi connectivity index (χ1v) is 5.22. The van der Waals surface area contributed by atoms with Gasteiger partial charge in [0.25, 0.3) is 0 Å². The summed E-state index contributed by atoms with van der Waals surface area (Å²) < 4.78 is 5.07. The van der Waals surface area contributed by atoms with Gasteiger partial charge in [0, 0.05) is 13.7 Å². The van der Waals surface area contributed by atoms with Gasteiger partial charge in [-0.1, -0.05) is 13.0 Å². The molecule has 0 fully saturated rings. The standard InChI is InChI=1S/C12H20N2O/c1-9-4-5-11(13)12(6-9)14-7-10(2)8-15-3/h4-6,10,14H,7-8,13H2,1-3H3. The summed E-state index contributed by atoms with van der Waals surface area (Å²) in [5.74, 6) is 0.481. The average Bonchev–Trinajstić information content (AvgIpc) is 2.20. The molecule has 1 rings (SSSR count). The number of hydrogen-bond acceptors (Lipinski definition) is 3. The SMILES string of the molecule is COCC(C)CNc1cc(C)ccc1N. The third kappa shape index (κ3) is 3.80. The number of methoxy groups -OCH3 is 1. The highest BCUT2D eigenvalue weighted by atomic mass is 16.5. The van der Waals surface area contributed by atoms with E-state index in [4.69, 9.17) is 10.5 Å². The number of nitrogen functional groups attached to an aromatic ring is 1. The van der Waals surface area contributed by atoms with Gasteiger partial charge < -0.3 is 15.8 Å². The van der Waals surface area contributed by atoms with Crippen LogP contribution < -0.4 is 11.1 Å². The monoisotopic (exact) mass is 208 g/mol. The molecule has 0 aromatic heterocycles. The van der Waals surface area contributed by atoms with Gasteiger partial charge in [-0.2, -0.15) is 0 Å². The highest BCUT2D eigenvalue weighted by Crippen LogP contribution is 2.19. The molecule has 84 valence electrons. The number of rotatable bonds is 5. The Bertz CT molecular complexity index is 312. The van der Waals surface area contributed by atoms with E-state index in [-0.39, 0.29) is 0 Å². The highest BCUT2D eigenvalue weighted by molar-refractivity contribution is 5.66. The Kier molecular flexibility index (Phi) is 4.43. The van der Waals surface area contributed by atoms with Crippen molar-refractivity contribution in [3.05, 3.63) is 23.8 Å². The number of aryl methyl sites for hydroxylation is 1. The first-order valence-electron chi connectivity index (χ1n) is 5.22. The molecular weight excluding hydrogens is 188 g/mol. The second-order valence-corrected chi connectivity index (χ2v) is 4.03. The summed E-state index contributed by atoms with van der Waals surface area (Å²) in [6, 6.07) is 6.01. The fourth-order valence-electron chi connectivity index (χ4n) is 1.45. The quantitative estimate of drug-likeness (QED) is 0.730. The molecule has 1 atom stereocenters. The van der Waals surface area contributed by atoms with Crippen LogP contribution >= 0.6 is 0 Å². The largest absolute Gasteiger partial charge is 0.397 e. The molecule has 0 radical (unpaired) electrons. The number of nitrogens with one attached hydrogen (secondary N) is 1. The van der Waals surface area contributed by atoms with E-state index >= 15 is 0 Å². The van der Waals surface area contributed by atoms with Gasteiger partial charge in [-0.3, -0.25) is 0 Å². The molecule has 1 unspecified atom stereocenters. The summed E-state index contributed by atoms with van der Waals surface area (Å²) in [6.07, 6.45) is 0. The minimum atomic E-state index is 0.481. The Morgan fingerprint density at radius 2 is 2.20 bits per heavy atom. The lowest BCUT2D eigenvalue weighted by Gasteiger charge is -2.14. The molecule has 3 nitrogen and oxygen atoms in total. The summed E-state index contributed by atoms with van der Waals surface area (Å²) in [5, 5.41) is 3.33. The Labute approximate surface area is 91.6 Å². The molecule has 3 heteroatoms. The van der Waals surface area contributed by atoms with Crippen LogP contribution in [0.15, 0.2) is 18.2 Å². The fraction of sp³-hybridized carbons (Fsp3) is 0.500. The molecule has 1 aromatic rings. The third-order valence-corrected chi connectivity index (χ3v) is 2.30. The maximum Gasteiger partial charge on any atom is 0.0576 e. The second kappa shape index (κ2) is 5.61. The van der Waals surface area contributed by atoms with Crippen LogP contribution in [0.25, 0.3) is 0 Å². The smallest absolute Gasteiger partial charge is 0.0576 e. The topological polar surface area (TPSA) is 47.3 Å². The van der Waals surface area contributed by atoms with Gasteiger partial charge in [0.15, 0.2) is 0 Å². The van der Waals surface area contributed by atoms with Gasteiger partial charge in [-0.05, 0) is 30.5 Å². The van der Waals surface area contributed by atoms with Crippen molar-refractivity contribution in [2.45, 2.75) is 13.8 Å². The van der Waals surface area contributed by atoms with Crippen molar-refractivity contribution in [1.29, 1.82) is 0 Å². The molecule has 0 bridgehead atoms. The first-order chi connectivity index (χ1) is 7.13. The number of anilines is 2. The van der Waals surface area contributed by atoms with Crippen molar-refractivity contribution in [2.75, 3.05) is 31.3 Å². The molecule has 15 heavy (non-hydrogen) atoms. The van der Waals surface area contributed by atoms with Crippen LogP contribution in [0.4, 0.5) is 11.4 Å². The van der Waals surface area contributed by atoms with E-state index < -0.39 is 0 Å². The maximum atomic E-state index is 5.86. The normalized spacial score (nSPS) is 12.5. The average molecular weight is 208 g/mol. The number of benzene rings is 1. The molecule has 1 aromatic carbocycles. The minimum absolute atomic E-state index is 0.481. The predicted octanol–water partition coefficient (Wildman–Crippen LogP) is 2.27. The summed E-state index contributed by atoms with van der Waals surface area (Å²) in [7, 11) is 1.72. The van der Waals surface area contributed by atoms with E-state index in [2.05, 4.69) is 25.2 Å². The lowest BCUT2D eigenvalue weighted by atomic mass is 10.1. The van der Waals surface area contributed by atoms with Crippen molar-refractivity contribution >= 4 is 11.4 Å². The van der Waals surface area contributed by atoms with E-state index in [0.717, 1.165) is 24.5 Å². The van der Waals surface area contributed by atoms with Gasteiger partial charge >= 0.3 is 0 Å². The Morgan fingerprint density at radius 1 is 1.47 bits per heavy atom. The highest BCUT2D eigenvalue weighted by Gasteiger charge is 2.03. The zero-order valence-electron chi connectivity index (χ0n) is 9.71. The second-order valence-electron chi connectivity index (χ2n) is 4.03. The van der Waals surface area contributed by atoms with Crippen molar-refractivity contribution in [1.82, 2.24) is 0 Å². The van der Waals surface area contributed by atoms with Gasteiger partial charge in [0.1, 0.15) is 0 Å². The van der Waals surface area contributed by atoms with Crippen molar-refractivity contribution in [3.8, 4) is 0 Å². The Morgan fingerprint density at radius 3 is 2.87 bits per heavy atom. The van der Waals surface area contributed by atoms with Gasteiger partial charge in [0.05, 0.1) is 18.0 Å². The van der Waals surface area contributed by atoms with Gasteiger partial charge in [-0.25, -0.2) is 0 Å². The van der Waals surface area contributed by atoms with Gasteiger partial charge in [-0.15, -0.1) is 0 Å². The van der Waals surface area contributed by atoms with Crippen LogP contribution in [0.2, 0.25) is 0 Å². The van der Waals surface area contributed by atoms with Crippen molar-refractivity contribution in [3.63, 3.8) is 0 Å². The lowest BCUT2D eigenvalue weighted by Crippen LogP contribution is -2.16. The molecule has 0 spiro atoms. The van der Waals surface area contributed by atoms with E-state index in [9.17, 15) is 0 Å². The van der Waals surface area contributed by atoms with Crippen LogP contribution in [0.5, 0.6) is 0 Å². The molecule has 0 saturated carbocycles. The fourth-order valence-corrected chi connectivity index (χ4v) is 1.45. The number of nitrogens with two attached hydrogens (primary N) is 1. The van der Waals surface area contributed by atoms with Crippen LogP contribution in [-0.2, 0) is 4.74 Å². The third-order valence-electron chi connectivity index (χ3n) is 2.30. The van der Waals surface area contributed by atoms with E-state index in [1.54, 1.807) is 7.11 Å². The van der Waals surface area contributed by atoms with Crippen LogP contribution in [0.3, 0.4) is 0 Å². The van der Waals surface area contributed by atoms with Crippen LogP contribution in [0, 0.1) is 12.8 Å². The minimum Gasteiger partial charge on any atom is -0.397 e. The molecule has 0 aliphatic heterocycles. The molecule has 3 N–H and O–H groups in total. The zero-order valence-corrected chi connectivity index (χ0v) is 9.71. The number of hydrogen-bond donors (Lipinski definition) is 2. The van der Waals surface area contributed by atoms with Crippen molar-refractivity contribution < 1.29 is 4.74 Å². The molecule has 0 aliphatic rings. The maximum absolute atomic E-state index is 5.86. The molecule has 0 amide bonds. The van der Waals surface area contributed by atoms with Crippen LogP contribution in [0.1, 0.15) is 12.5 Å². The first kappa shape index (κ1) is 11.9. The van der Waals surface area contributed by atoms with E-state index in [0.29, 0.717) is 5.92 Å². The van der Waals surface area contributed by atoms with Crippen molar-refractivity contribution in [2.24, 2.45) is 5.92 Å². The van der Waals surface area contributed by atoms with Gasteiger partial charge in [0.2, 0.25) is 0 Å². The molecule has 0 heterocycles. The summed E-state index contributed by atoms with van der Waals surface area (Å²) in [6.45, 7) is 5.84. The predicted molar refractivity (Wildman–Crippen MR) is 65.1 cm³/mol. The number of ether oxygens (including phenoxy) is 1. The Hall–Kier alpha value is -1.22. The molecular formula is C12H20N2O. The lowest BCUT2D eigenvalue weighted by molar-refractivity contribution is 0.164. The van der Waals surface area contributed by atoms with Crippen LogP contribution in [-0.4, -0.2) is 20.3 Å². The Balaban J connectivity index is 2.53. The molecule has 0 saturated heterocycles.